The number of aliphatic carboxylic acids is 1. The lowest BCUT2D eigenvalue weighted by atomic mass is 9.83. The number of benzene rings is 1. The van der Waals surface area contributed by atoms with Crippen LogP contribution in [0.1, 0.15) is 31.2 Å². The maximum atomic E-state index is 11.1. The first-order chi connectivity index (χ1) is 7.59. The van der Waals surface area contributed by atoms with Crippen LogP contribution in [-0.2, 0) is 4.79 Å². The average molecular weight is 220 g/mol. The zero-order valence-corrected chi connectivity index (χ0v) is 9.26. The second kappa shape index (κ2) is 4.16. The molecular formula is C13H16O3. The van der Waals surface area contributed by atoms with Crippen molar-refractivity contribution in [2.75, 3.05) is 0 Å². The molecule has 0 bridgehead atoms. The Morgan fingerprint density at radius 2 is 1.88 bits per heavy atom. The van der Waals surface area contributed by atoms with Crippen LogP contribution in [0.2, 0.25) is 0 Å². The van der Waals surface area contributed by atoms with Crippen LogP contribution < -0.4 is 0 Å². The summed E-state index contributed by atoms with van der Waals surface area (Å²) >= 11 is 0. The third-order valence-corrected chi connectivity index (χ3v) is 3.34. The Hall–Kier alpha value is -1.51. The van der Waals surface area contributed by atoms with Crippen LogP contribution in [-0.4, -0.2) is 16.2 Å². The predicted molar refractivity (Wildman–Crippen MR) is 60.4 cm³/mol. The van der Waals surface area contributed by atoms with E-state index in [1.807, 2.05) is 12.1 Å². The summed E-state index contributed by atoms with van der Waals surface area (Å²) in [4.78, 5) is 11.1. The molecule has 1 saturated carbocycles. The molecule has 16 heavy (non-hydrogen) atoms. The lowest BCUT2D eigenvalue weighted by Crippen LogP contribution is -2.20. The van der Waals surface area contributed by atoms with Crippen LogP contribution in [0, 0.1) is 11.8 Å². The largest absolute Gasteiger partial charge is 0.508 e. The van der Waals surface area contributed by atoms with E-state index < -0.39 is 5.97 Å². The van der Waals surface area contributed by atoms with Crippen molar-refractivity contribution in [3.8, 4) is 5.75 Å². The van der Waals surface area contributed by atoms with Gasteiger partial charge in [0, 0.05) is 0 Å². The molecule has 3 nitrogen and oxygen atoms in total. The van der Waals surface area contributed by atoms with Gasteiger partial charge in [-0.15, -0.1) is 0 Å². The molecule has 0 spiro atoms. The van der Waals surface area contributed by atoms with Gasteiger partial charge in [0.2, 0.25) is 0 Å². The van der Waals surface area contributed by atoms with E-state index in [0.717, 1.165) is 18.4 Å². The highest BCUT2D eigenvalue weighted by Gasteiger charge is 2.38. The molecule has 1 aromatic rings. The Bertz CT molecular complexity index is 379. The standard InChI is InChI=1S/C13H16O3/c1-8(13(15)16)12(9-2-3-9)10-4-6-11(14)7-5-10/h4-9,12,14H,2-3H2,1H3,(H,15,16)/t8-,12-/m0/s1. The summed E-state index contributed by atoms with van der Waals surface area (Å²) in [5, 5.41) is 18.3. The van der Waals surface area contributed by atoms with Gasteiger partial charge in [-0.05, 0) is 42.4 Å². The molecule has 1 aromatic carbocycles. The molecule has 0 aliphatic heterocycles. The van der Waals surface area contributed by atoms with Crippen LogP contribution in [0.5, 0.6) is 5.75 Å². The number of carboxylic acids is 1. The third kappa shape index (κ3) is 2.18. The number of carboxylic acid groups (broad SMARTS) is 1. The lowest BCUT2D eigenvalue weighted by Gasteiger charge is -2.21. The normalized spacial score (nSPS) is 19.1. The second-order valence-corrected chi connectivity index (χ2v) is 4.58. The minimum atomic E-state index is -0.745. The number of phenolic OH excluding ortho intramolecular Hbond substituents is 1. The van der Waals surface area contributed by atoms with Crippen molar-refractivity contribution < 1.29 is 15.0 Å². The Balaban J connectivity index is 2.25. The van der Waals surface area contributed by atoms with E-state index in [-0.39, 0.29) is 17.6 Å². The van der Waals surface area contributed by atoms with Gasteiger partial charge in [0.25, 0.3) is 0 Å². The fraction of sp³-hybridized carbons (Fsp3) is 0.462. The highest BCUT2D eigenvalue weighted by atomic mass is 16.4. The van der Waals surface area contributed by atoms with Crippen molar-refractivity contribution in [1.29, 1.82) is 0 Å². The molecule has 1 aliphatic rings. The highest BCUT2D eigenvalue weighted by molar-refractivity contribution is 5.71. The summed E-state index contributed by atoms with van der Waals surface area (Å²) in [5.41, 5.74) is 1.02. The Labute approximate surface area is 94.7 Å². The summed E-state index contributed by atoms with van der Waals surface area (Å²) in [7, 11) is 0. The van der Waals surface area contributed by atoms with Crippen molar-refractivity contribution in [3.63, 3.8) is 0 Å². The number of carbonyl (C=O) groups is 1. The monoisotopic (exact) mass is 220 g/mol. The molecule has 2 rings (SSSR count). The molecule has 1 fully saturated rings. The van der Waals surface area contributed by atoms with Crippen molar-refractivity contribution in [1.82, 2.24) is 0 Å². The third-order valence-electron chi connectivity index (χ3n) is 3.34. The lowest BCUT2D eigenvalue weighted by molar-refractivity contribution is -0.142. The number of rotatable bonds is 4. The quantitative estimate of drug-likeness (QED) is 0.820. The van der Waals surface area contributed by atoms with Crippen molar-refractivity contribution in [3.05, 3.63) is 29.8 Å². The Morgan fingerprint density at radius 3 is 2.31 bits per heavy atom. The van der Waals surface area contributed by atoms with E-state index in [1.165, 1.54) is 0 Å². The van der Waals surface area contributed by atoms with E-state index in [2.05, 4.69) is 0 Å². The van der Waals surface area contributed by atoms with E-state index in [1.54, 1.807) is 19.1 Å². The maximum Gasteiger partial charge on any atom is 0.306 e. The molecule has 0 radical (unpaired) electrons. The summed E-state index contributed by atoms with van der Waals surface area (Å²) in [6.45, 7) is 1.76. The highest BCUT2D eigenvalue weighted by Crippen LogP contribution is 2.46. The fourth-order valence-electron chi connectivity index (χ4n) is 2.27. The van der Waals surface area contributed by atoms with Crippen molar-refractivity contribution in [2.45, 2.75) is 25.7 Å². The molecule has 2 atom stereocenters. The van der Waals surface area contributed by atoms with Crippen molar-refractivity contribution >= 4 is 5.97 Å². The van der Waals surface area contributed by atoms with Crippen LogP contribution >= 0.6 is 0 Å². The van der Waals surface area contributed by atoms with Crippen molar-refractivity contribution in [2.24, 2.45) is 11.8 Å². The molecule has 0 amide bonds. The summed E-state index contributed by atoms with van der Waals surface area (Å²) in [6.07, 6.45) is 2.23. The zero-order chi connectivity index (χ0) is 11.7. The van der Waals surface area contributed by atoms with Gasteiger partial charge in [0.1, 0.15) is 5.75 Å². The van der Waals surface area contributed by atoms with E-state index in [9.17, 15) is 9.90 Å². The SMILES string of the molecule is C[C@H](C(=O)O)[C@H](c1ccc(O)cc1)C1CC1. The van der Waals surface area contributed by atoms with Crippen LogP contribution in [0.4, 0.5) is 0 Å². The first-order valence-electron chi connectivity index (χ1n) is 5.61. The Kier molecular flexibility index (Phi) is 2.86. The zero-order valence-electron chi connectivity index (χ0n) is 9.26. The van der Waals surface area contributed by atoms with Crippen LogP contribution in [0.15, 0.2) is 24.3 Å². The average Bonchev–Trinajstić information content (AvgIpc) is 3.05. The van der Waals surface area contributed by atoms with Crippen LogP contribution in [0.25, 0.3) is 0 Å². The smallest absolute Gasteiger partial charge is 0.306 e. The minimum absolute atomic E-state index is 0.0816. The summed E-state index contributed by atoms with van der Waals surface area (Å²) < 4.78 is 0. The van der Waals surface area contributed by atoms with Gasteiger partial charge in [0.05, 0.1) is 5.92 Å². The van der Waals surface area contributed by atoms with Gasteiger partial charge in [-0.3, -0.25) is 4.79 Å². The predicted octanol–water partition coefficient (Wildman–Crippen LogP) is 2.61. The molecule has 0 aromatic heterocycles. The van der Waals surface area contributed by atoms with Gasteiger partial charge in [-0.1, -0.05) is 19.1 Å². The van der Waals surface area contributed by atoms with Gasteiger partial charge in [-0.2, -0.15) is 0 Å². The summed E-state index contributed by atoms with van der Waals surface area (Å²) in [6, 6.07) is 6.91. The molecule has 3 heteroatoms. The number of phenols is 1. The van der Waals surface area contributed by atoms with Gasteiger partial charge < -0.3 is 10.2 Å². The Morgan fingerprint density at radius 1 is 1.31 bits per heavy atom. The molecule has 2 N–H and O–H groups in total. The van der Waals surface area contributed by atoms with E-state index in [4.69, 9.17) is 5.11 Å². The van der Waals surface area contributed by atoms with Crippen LogP contribution in [0.3, 0.4) is 0 Å². The molecular weight excluding hydrogens is 204 g/mol. The maximum absolute atomic E-state index is 11.1. The van der Waals surface area contributed by atoms with Gasteiger partial charge in [0.15, 0.2) is 0 Å². The molecule has 86 valence electrons. The molecule has 0 unspecified atom stereocenters. The minimum Gasteiger partial charge on any atom is -0.508 e. The number of hydrogen-bond acceptors (Lipinski definition) is 2. The topological polar surface area (TPSA) is 57.5 Å². The molecule has 0 heterocycles. The first kappa shape index (κ1) is 11.0. The summed E-state index contributed by atoms with van der Waals surface area (Å²) in [5.74, 6) is -0.308. The first-order valence-corrected chi connectivity index (χ1v) is 5.61. The number of aromatic hydroxyl groups is 1. The molecule has 0 saturated heterocycles. The second-order valence-electron chi connectivity index (χ2n) is 4.58. The number of hydrogen-bond donors (Lipinski definition) is 2. The van der Waals surface area contributed by atoms with E-state index >= 15 is 0 Å². The fourth-order valence-corrected chi connectivity index (χ4v) is 2.27. The van der Waals surface area contributed by atoms with Gasteiger partial charge in [-0.25, -0.2) is 0 Å². The van der Waals surface area contributed by atoms with Gasteiger partial charge >= 0.3 is 5.97 Å². The van der Waals surface area contributed by atoms with E-state index in [0.29, 0.717) is 5.92 Å². The molecule has 1 aliphatic carbocycles.